The average Bonchev–Trinajstić information content (AvgIpc) is 2.63. The van der Waals surface area contributed by atoms with Crippen LogP contribution in [0.25, 0.3) is 0 Å². The van der Waals surface area contributed by atoms with Gasteiger partial charge in [0.15, 0.2) is 5.78 Å². The zero-order valence-electron chi connectivity index (χ0n) is 9.38. The van der Waals surface area contributed by atoms with Crippen LogP contribution in [-0.2, 0) is 11.2 Å². The first-order chi connectivity index (χ1) is 8.34. The minimum absolute atomic E-state index is 0.00257. The molecular weight excluding hydrogens is 265 g/mol. The minimum atomic E-state index is -4.87. The van der Waals surface area contributed by atoms with E-state index in [1.54, 1.807) is 6.07 Å². The molecule has 96 valence electrons. The van der Waals surface area contributed by atoms with E-state index in [9.17, 15) is 22.8 Å². The third-order valence-electron chi connectivity index (χ3n) is 3.12. The summed E-state index contributed by atoms with van der Waals surface area (Å²) in [7, 11) is 0. The predicted octanol–water partition coefficient (Wildman–Crippen LogP) is 2.86. The van der Waals surface area contributed by atoms with E-state index in [1.807, 2.05) is 0 Å². The van der Waals surface area contributed by atoms with E-state index in [2.05, 4.69) is 0 Å². The Hall–Kier alpha value is -1.30. The van der Waals surface area contributed by atoms with Gasteiger partial charge in [0.25, 0.3) is 0 Å². The summed E-state index contributed by atoms with van der Waals surface area (Å²) in [4.78, 5) is 23.7. The number of ketones is 1. The lowest BCUT2D eigenvalue weighted by atomic mass is 9.84. The highest BCUT2D eigenvalue weighted by atomic mass is 32.2. The standard InChI is InChI=1S/C12H9F3O2S/c1-18-10(17)11(12(13,14)15)6-7-4-2-3-5-8(7)9(11)16/h2-5H,6H2,1H3. The molecule has 0 saturated carbocycles. The maximum Gasteiger partial charge on any atom is 0.409 e. The third kappa shape index (κ3) is 1.59. The Bertz CT molecular complexity index is 524. The van der Waals surface area contributed by atoms with Gasteiger partial charge in [-0.2, -0.15) is 13.2 Å². The molecule has 0 radical (unpaired) electrons. The van der Waals surface area contributed by atoms with E-state index < -0.39 is 28.9 Å². The van der Waals surface area contributed by atoms with Crippen molar-refractivity contribution in [3.05, 3.63) is 35.4 Å². The van der Waals surface area contributed by atoms with Gasteiger partial charge in [0, 0.05) is 12.0 Å². The van der Waals surface area contributed by atoms with Crippen molar-refractivity contribution >= 4 is 22.7 Å². The molecule has 18 heavy (non-hydrogen) atoms. The zero-order valence-corrected chi connectivity index (χ0v) is 10.2. The molecule has 1 aromatic carbocycles. The van der Waals surface area contributed by atoms with Gasteiger partial charge in [-0.05, 0) is 11.8 Å². The number of Topliss-reactive ketones (excluding diaryl/α,β-unsaturated/α-hetero) is 1. The molecule has 0 aliphatic heterocycles. The Balaban J connectivity index is 2.62. The summed E-state index contributed by atoms with van der Waals surface area (Å²) in [5.41, 5.74) is -2.63. The molecule has 0 fully saturated rings. The predicted molar refractivity (Wildman–Crippen MR) is 61.5 cm³/mol. The number of halogens is 3. The van der Waals surface area contributed by atoms with Crippen molar-refractivity contribution in [1.29, 1.82) is 0 Å². The van der Waals surface area contributed by atoms with Gasteiger partial charge in [-0.25, -0.2) is 0 Å². The molecule has 0 amide bonds. The van der Waals surface area contributed by atoms with E-state index in [4.69, 9.17) is 0 Å². The van der Waals surface area contributed by atoms with Crippen LogP contribution in [0.1, 0.15) is 15.9 Å². The minimum Gasteiger partial charge on any atom is -0.293 e. The topological polar surface area (TPSA) is 34.1 Å². The van der Waals surface area contributed by atoms with Gasteiger partial charge in [-0.15, -0.1) is 0 Å². The number of fused-ring (bicyclic) bond motifs is 1. The first kappa shape index (κ1) is 13.1. The largest absolute Gasteiger partial charge is 0.409 e. The number of carbonyl (C=O) groups is 2. The maximum atomic E-state index is 13.2. The van der Waals surface area contributed by atoms with Crippen LogP contribution in [-0.4, -0.2) is 23.3 Å². The Morgan fingerprint density at radius 3 is 2.44 bits per heavy atom. The van der Waals surface area contributed by atoms with Crippen molar-refractivity contribution in [3.8, 4) is 0 Å². The van der Waals surface area contributed by atoms with Crippen molar-refractivity contribution in [1.82, 2.24) is 0 Å². The lowest BCUT2D eigenvalue weighted by Gasteiger charge is -2.27. The van der Waals surface area contributed by atoms with E-state index in [1.165, 1.54) is 24.5 Å². The molecule has 0 N–H and O–H groups in total. The van der Waals surface area contributed by atoms with E-state index >= 15 is 0 Å². The normalized spacial score (nSPS) is 23.0. The molecule has 1 aliphatic rings. The molecule has 1 aliphatic carbocycles. The van der Waals surface area contributed by atoms with Crippen LogP contribution >= 0.6 is 11.8 Å². The fourth-order valence-electron chi connectivity index (χ4n) is 2.18. The van der Waals surface area contributed by atoms with Gasteiger partial charge in [0.1, 0.15) is 0 Å². The van der Waals surface area contributed by atoms with Crippen molar-refractivity contribution in [3.63, 3.8) is 0 Å². The van der Waals surface area contributed by atoms with Gasteiger partial charge in [0.2, 0.25) is 10.5 Å². The second kappa shape index (κ2) is 4.12. The molecular formula is C12H9F3O2S. The van der Waals surface area contributed by atoms with Crippen molar-refractivity contribution in [2.75, 3.05) is 6.26 Å². The summed E-state index contributed by atoms with van der Waals surface area (Å²) in [6, 6.07) is 5.84. The highest BCUT2D eigenvalue weighted by Gasteiger charge is 2.67. The van der Waals surface area contributed by atoms with E-state index in [0.29, 0.717) is 11.8 Å². The Labute approximate surface area is 106 Å². The Morgan fingerprint density at radius 2 is 1.94 bits per heavy atom. The van der Waals surface area contributed by atoms with Crippen LogP contribution in [0.15, 0.2) is 24.3 Å². The van der Waals surface area contributed by atoms with Gasteiger partial charge in [-0.1, -0.05) is 36.0 Å². The second-order valence-electron chi connectivity index (χ2n) is 4.06. The summed E-state index contributed by atoms with van der Waals surface area (Å²) in [5.74, 6) is -1.13. The Kier molecular flexibility index (Phi) is 3.01. The highest BCUT2D eigenvalue weighted by molar-refractivity contribution is 8.13. The number of hydrogen-bond acceptors (Lipinski definition) is 3. The van der Waals surface area contributed by atoms with E-state index in [0.717, 1.165) is 0 Å². The molecule has 6 heteroatoms. The van der Waals surface area contributed by atoms with Crippen LogP contribution < -0.4 is 0 Å². The molecule has 0 spiro atoms. The highest BCUT2D eigenvalue weighted by Crippen LogP contribution is 2.50. The lowest BCUT2D eigenvalue weighted by Crippen LogP contribution is -2.48. The zero-order chi connectivity index (χ0) is 13.6. The third-order valence-corrected chi connectivity index (χ3v) is 3.84. The lowest BCUT2D eigenvalue weighted by molar-refractivity contribution is -0.197. The second-order valence-corrected chi connectivity index (χ2v) is 4.84. The fraction of sp³-hybridized carbons (Fsp3) is 0.333. The molecule has 2 nitrogen and oxygen atoms in total. The number of alkyl halides is 3. The molecule has 0 bridgehead atoms. The van der Waals surface area contributed by atoms with Crippen molar-refractivity contribution in [2.45, 2.75) is 12.6 Å². The van der Waals surface area contributed by atoms with Gasteiger partial charge in [-0.3, -0.25) is 9.59 Å². The SMILES string of the molecule is CSC(=O)C1(C(F)(F)F)Cc2ccccc2C1=O. The summed E-state index contributed by atoms with van der Waals surface area (Å²) in [5, 5.41) is -1.14. The molecule has 0 aromatic heterocycles. The molecule has 1 atom stereocenters. The number of rotatable bonds is 1. The smallest absolute Gasteiger partial charge is 0.293 e. The first-order valence-electron chi connectivity index (χ1n) is 5.12. The first-order valence-corrected chi connectivity index (χ1v) is 6.35. The van der Waals surface area contributed by atoms with Crippen LogP contribution in [0.2, 0.25) is 0 Å². The number of carbonyl (C=O) groups excluding carboxylic acids is 2. The Morgan fingerprint density at radius 1 is 1.33 bits per heavy atom. The van der Waals surface area contributed by atoms with Crippen LogP contribution in [0.5, 0.6) is 0 Å². The van der Waals surface area contributed by atoms with Gasteiger partial charge in [0.05, 0.1) is 0 Å². The van der Waals surface area contributed by atoms with Gasteiger partial charge >= 0.3 is 6.18 Å². The average molecular weight is 274 g/mol. The number of benzene rings is 1. The van der Waals surface area contributed by atoms with Crippen LogP contribution in [0.4, 0.5) is 13.2 Å². The van der Waals surface area contributed by atoms with Gasteiger partial charge < -0.3 is 0 Å². The maximum absolute atomic E-state index is 13.2. The number of thioether (sulfide) groups is 1. The summed E-state index contributed by atoms with van der Waals surface area (Å²) in [6.07, 6.45) is -4.21. The molecule has 0 heterocycles. The summed E-state index contributed by atoms with van der Waals surface area (Å²) >= 11 is 0.442. The number of hydrogen-bond donors (Lipinski definition) is 0. The molecule has 2 rings (SSSR count). The molecule has 1 unspecified atom stereocenters. The van der Waals surface area contributed by atoms with Crippen LogP contribution in [0.3, 0.4) is 0 Å². The monoisotopic (exact) mass is 274 g/mol. The van der Waals surface area contributed by atoms with Crippen molar-refractivity contribution in [2.24, 2.45) is 5.41 Å². The van der Waals surface area contributed by atoms with Crippen LogP contribution in [0, 0.1) is 5.41 Å². The quantitative estimate of drug-likeness (QED) is 0.738. The molecule has 1 aromatic rings. The summed E-state index contributed by atoms with van der Waals surface area (Å²) < 4.78 is 39.6. The van der Waals surface area contributed by atoms with Crippen molar-refractivity contribution < 1.29 is 22.8 Å². The molecule has 0 saturated heterocycles. The fourth-order valence-corrected chi connectivity index (χ4v) is 2.80. The van der Waals surface area contributed by atoms with E-state index in [-0.39, 0.29) is 11.1 Å². The summed E-state index contributed by atoms with van der Waals surface area (Å²) in [6.45, 7) is 0.